The van der Waals surface area contributed by atoms with Gasteiger partial charge in [0.1, 0.15) is 0 Å². The summed E-state index contributed by atoms with van der Waals surface area (Å²) in [6, 6.07) is 0.608. The van der Waals surface area contributed by atoms with Gasteiger partial charge in [-0.3, -0.25) is 0 Å². The van der Waals surface area contributed by atoms with Crippen molar-refractivity contribution in [1.82, 2.24) is 25.5 Å². The van der Waals surface area contributed by atoms with Gasteiger partial charge in [0.25, 0.3) is 0 Å². The lowest BCUT2D eigenvalue weighted by atomic mass is 10.1. The average molecular weight is 239 g/mol. The van der Waals surface area contributed by atoms with Gasteiger partial charge in [-0.2, -0.15) is 0 Å². The number of hydrogen-bond donors (Lipinski definition) is 1. The zero-order valence-electron chi connectivity index (χ0n) is 11.6. The molecule has 98 valence electrons. The summed E-state index contributed by atoms with van der Waals surface area (Å²) < 4.78 is 1.97. The van der Waals surface area contributed by atoms with E-state index in [2.05, 4.69) is 55.5 Å². The van der Waals surface area contributed by atoms with E-state index in [-0.39, 0.29) is 6.04 Å². The third-order valence-electron chi connectivity index (χ3n) is 3.03. The number of hydrogen-bond acceptors (Lipinski definition) is 4. The molecule has 0 aliphatic rings. The Bertz CT molecular complexity index is 316. The normalized spacial score (nSPS) is 13.6. The van der Waals surface area contributed by atoms with Crippen molar-refractivity contribution in [2.45, 2.75) is 59.5 Å². The number of rotatable bonds is 7. The molecule has 0 amide bonds. The molecule has 0 saturated carbocycles. The summed E-state index contributed by atoms with van der Waals surface area (Å²) in [7, 11) is 0. The van der Waals surface area contributed by atoms with Gasteiger partial charge in [-0.1, -0.05) is 27.7 Å². The molecule has 1 N–H and O–H groups in total. The highest BCUT2D eigenvalue weighted by atomic mass is 15.6. The second-order valence-electron chi connectivity index (χ2n) is 4.98. The van der Waals surface area contributed by atoms with Crippen LogP contribution in [0.15, 0.2) is 0 Å². The molecular weight excluding hydrogens is 214 g/mol. The molecule has 17 heavy (non-hydrogen) atoms. The Labute approximate surface area is 104 Å². The van der Waals surface area contributed by atoms with Gasteiger partial charge in [0.05, 0.1) is 12.1 Å². The van der Waals surface area contributed by atoms with Crippen LogP contribution in [0.2, 0.25) is 0 Å². The molecule has 1 aromatic heterocycles. The molecule has 5 nitrogen and oxygen atoms in total. The van der Waals surface area contributed by atoms with Crippen LogP contribution in [0.3, 0.4) is 0 Å². The van der Waals surface area contributed by atoms with Crippen LogP contribution in [-0.2, 0) is 0 Å². The number of tetrazole rings is 1. The van der Waals surface area contributed by atoms with E-state index in [9.17, 15) is 0 Å². The van der Waals surface area contributed by atoms with E-state index >= 15 is 0 Å². The summed E-state index contributed by atoms with van der Waals surface area (Å²) in [6.07, 6.45) is 2.12. The Morgan fingerprint density at radius 1 is 1.18 bits per heavy atom. The Hall–Kier alpha value is -0.970. The van der Waals surface area contributed by atoms with Crippen LogP contribution in [0.5, 0.6) is 0 Å². The Morgan fingerprint density at radius 3 is 2.35 bits per heavy atom. The van der Waals surface area contributed by atoms with Crippen molar-refractivity contribution >= 4 is 0 Å². The molecule has 0 fully saturated rings. The molecule has 1 heterocycles. The molecule has 0 bridgehead atoms. The SMILES string of the molecule is CCC(CC)n1nnnc1C(C)NCC(C)C. The third-order valence-corrected chi connectivity index (χ3v) is 3.03. The molecule has 0 aliphatic heterocycles. The maximum atomic E-state index is 4.15. The van der Waals surface area contributed by atoms with Gasteiger partial charge >= 0.3 is 0 Å². The maximum absolute atomic E-state index is 4.15. The molecule has 1 unspecified atom stereocenters. The van der Waals surface area contributed by atoms with Crippen LogP contribution < -0.4 is 5.32 Å². The van der Waals surface area contributed by atoms with Crippen molar-refractivity contribution in [2.75, 3.05) is 6.54 Å². The van der Waals surface area contributed by atoms with Gasteiger partial charge in [-0.05, 0) is 42.7 Å². The second kappa shape index (κ2) is 6.69. The minimum absolute atomic E-state index is 0.202. The fraction of sp³-hybridized carbons (Fsp3) is 0.917. The molecule has 0 aliphatic carbocycles. The van der Waals surface area contributed by atoms with Crippen LogP contribution >= 0.6 is 0 Å². The van der Waals surface area contributed by atoms with Crippen LogP contribution in [0.4, 0.5) is 0 Å². The van der Waals surface area contributed by atoms with Crippen molar-refractivity contribution in [3.05, 3.63) is 5.82 Å². The fourth-order valence-electron chi connectivity index (χ4n) is 1.88. The van der Waals surface area contributed by atoms with Crippen molar-refractivity contribution in [3.8, 4) is 0 Å². The van der Waals surface area contributed by atoms with E-state index in [4.69, 9.17) is 0 Å². The van der Waals surface area contributed by atoms with Crippen molar-refractivity contribution in [3.63, 3.8) is 0 Å². The predicted octanol–water partition coefficient (Wildman–Crippen LogP) is 2.34. The molecule has 0 saturated heterocycles. The van der Waals surface area contributed by atoms with E-state index in [0.717, 1.165) is 25.2 Å². The van der Waals surface area contributed by atoms with Gasteiger partial charge in [0, 0.05) is 0 Å². The van der Waals surface area contributed by atoms with E-state index in [1.807, 2.05) is 4.68 Å². The Morgan fingerprint density at radius 2 is 1.82 bits per heavy atom. The van der Waals surface area contributed by atoms with Gasteiger partial charge in [-0.25, -0.2) is 4.68 Å². The molecule has 0 spiro atoms. The molecular formula is C12H25N5. The van der Waals surface area contributed by atoms with Crippen molar-refractivity contribution in [2.24, 2.45) is 5.92 Å². The minimum atomic E-state index is 0.202. The Kier molecular flexibility index (Phi) is 5.55. The predicted molar refractivity (Wildman–Crippen MR) is 68.7 cm³/mol. The highest BCUT2D eigenvalue weighted by molar-refractivity contribution is 4.91. The number of nitrogens with one attached hydrogen (secondary N) is 1. The summed E-state index contributed by atoms with van der Waals surface area (Å²) in [5, 5.41) is 15.5. The van der Waals surface area contributed by atoms with Gasteiger partial charge in [0.15, 0.2) is 5.82 Å². The molecule has 0 aromatic carbocycles. The van der Waals surface area contributed by atoms with E-state index in [1.165, 1.54) is 0 Å². The maximum Gasteiger partial charge on any atom is 0.168 e. The van der Waals surface area contributed by atoms with Crippen LogP contribution in [0, 0.1) is 5.92 Å². The van der Waals surface area contributed by atoms with Crippen molar-refractivity contribution in [1.29, 1.82) is 0 Å². The minimum Gasteiger partial charge on any atom is -0.307 e. The van der Waals surface area contributed by atoms with Gasteiger partial charge in [0.2, 0.25) is 0 Å². The monoisotopic (exact) mass is 239 g/mol. The first-order chi connectivity index (χ1) is 8.10. The highest BCUT2D eigenvalue weighted by Gasteiger charge is 2.18. The summed E-state index contributed by atoms with van der Waals surface area (Å²) >= 11 is 0. The molecule has 1 aromatic rings. The van der Waals surface area contributed by atoms with Crippen LogP contribution in [0.1, 0.15) is 65.4 Å². The molecule has 5 heteroatoms. The lowest BCUT2D eigenvalue weighted by Gasteiger charge is -2.19. The largest absolute Gasteiger partial charge is 0.307 e. The topological polar surface area (TPSA) is 55.6 Å². The zero-order valence-corrected chi connectivity index (χ0v) is 11.6. The molecule has 1 rings (SSSR count). The van der Waals surface area contributed by atoms with Gasteiger partial charge < -0.3 is 5.32 Å². The first-order valence-electron chi connectivity index (χ1n) is 6.61. The molecule has 1 atom stereocenters. The van der Waals surface area contributed by atoms with Crippen LogP contribution in [0.25, 0.3) is 0 Å². The van der Waals surface area contributed by atoms with Crippen LogP contribution in [-0.4, -0.2) is 26.8 Å². The Balaban J connectivity index is 2.73. The zero-order chi connectivity index (χ0) is 12.8. The summed E-state index contributed by atoms with van der Waals surface area (Å²) in [6.45, 7) is 11.8. The average Bonchev–Trinajstić information content (AvgIpc) is 2.77. The van der Waals surface area contributed by atoms with E-state index in [1.54, 1.807) is 0 Å². The highest BCUT2D eigenvalue weighted by Crippen LogP contribution is 2.18. The fourth-order valence-corrected chi connectivity index (χ4v) is 1.88. The summed E-state index contributed by atoms with van der Waals surface area (Å²) in [5.41, 5.74) is 0. The number of aromatic nitrogens is 4. The lowest BCUT2D eigenvalue weighted by Crippen LogP contribution is -2.27. The first-order valence-corrected chi connectivity index (χ1v) is 6.61. The second-order valence-corrected chi connectivity index (χ2v) is 4.98. The quantitative estimate of drug-likeness (QED) is 0.793. The van der Waals surface area contributed by atoms with Crippen molar-refractivity contribution < 1.29 is 0 Å². The summed E-state index contributed by atoms with van der Waals surface area (Å²) in [4.78, 5) is 0. The van der Waals surface area contributed by atoms with Gasteiger partial charge in [-0.15, -0.1) is 5.10 Å². The third kappa shape index (κ3) is 3.77. The lowest BCUT2D eigenvalue weighted by molar-refractivity contribution is 0.379. The number of nitrogens with zero attached hydrogens (tertiary/aromatic N) is 4. The van der Waals surface area contributed by atoms with E-state index < -0.39 is 0 Å². The molecule has 0 radical (unpaired) electrons. The standard InChI is InChI=1S/C12H25N5/c1-6-11(7-2)17-12(14-15-16-17)10(5)13-8-9(3)4/h9-11,13H,6-8H2,1-5H3. The smallest absolute Gasteiger partial charge is 0.168 e. The summed E-state index contributed by atoms with van der Waals surface area (Å²) in [5.74, 6) is 1.58. The van der Waals surface area contributed by atoms with E-state index in [0.29, 0.717) is 12.0 Å². The first kappa shape index (κ1) is 14.1.